The van der Waals surface area contributed by atoms with E-state index in [-0.39, 0.29) is 12.5 Å². The predicted octanol–water partition coefficient (Wildman–Crippen LogP) is 5.68. The molecule has 0 radical (unpaired) electrons. The Morgan fingerprint density at radius 2 is 1.96 bits per heavy atom. The van der Waals surface area contributed by atoms with Gasteiger partial charge in [-0.2, -0.15) is 0 Å². The van der Waals surface area contributed by atoms with Crippen LogP contribution in [0.2, 0.25) is 10.0 Å². The van der Waals surface area contributed by atoms with Gasteiger partial charge in [-0.05, 0) is 49.2 Å². The maximum absolute atomic E-state index is 12.1. The molecule has 0 atom stereocenters. The average Bonchev–Trinajstić information content (AvgIpc) is 2.95. The van der Waals surface area contributed by atoms with Crippen LogP contribution in [-0.2, 0) is 11.2 Å². The molecule has 0 bridgehead atoms. The topological polar surface area (TPSA) is 51.2 Å². The number of aromatic nitrogens is 1. The van der Waals surface area contributed by atoms with Crippen LogP contribution in [0, 0.1) is 13.8 Å². The van der Waals surface area contributed by atoms with Crippen molar-refractivity contribution >= 4 is 45.6 Å². The van der Waals surface area contributed by atoms with Crippen molar-refractivity contribution in [1.29, 1.82) is 0 Å². The molecule has 3 aromatic rings. The molecule has 1 amide bonds. The molecule has 0 unspecified atom stereocenters. The van der Waals surface area contributed by atoms with Gasteiger partial charge in [0.05, 0.1) is 15.7 Å². The Bertz CT molecular complexity index is 972. The van der Waals surface area contributed by atoms with Crippen molar-refractivity contribution in [3.05, 3.63) is 74.2 Å². The van der Waals surface area contributed by atoms with Gasteiger partial charge in [0.2, 0.25) is 0 Å². The number of hydrogen-bond acceptors (Lipinski definition) is 4. The normalized spacial score (nSPS) is 10.7. The highest BCUT2D eigenvalue weighted by Crippen LogP contribution is 2.28. The second-order valence-electron chi connectivity index (χ2n) is 6.11. The number of carbonyl (C=O) groups is 1. The summed E-state index contributed by atoms with van der Waals surface area (Å²) >= 11 is 13.5. The first kappa shape index (κ1) is 19.7. The van der Waals surface area contributed by atoms with Crippen molar-refractivity contribution in [2.75, 3.05) is 11.9 Å². The number of hydrogen-bond donors (Lipinski definition) is 1. The van der Waals surface area contributed by atoms with Gasteiger partial charge < -0.3 is 4.74 Å². The largest absolute Gasteiger partial charge is 0.484 e. The van der Waals surface area contributed by atoms with Gasteiger partial charge in [-0.3, -0.25) is 10.1 Å². The van der Waals surface area contributed by atoms with E-state index in [0.29, 0.717) is 27.3 Å². The molecule has 7 heteroatoms. The lowest BCUT2D eigenvalue weighted by Crippen LogP contribution is -2.20. The van der Waals surface area contributed by atoms with Gasteiger partial charge in [-0.1, -0.05) is 41.4 Å². The number of aryl methyl sites for hydroxylation is 2. The van der Waals surface area contributed by atoms with E-state index in [1.165, 1.54) is 11.3 Å². The maximum atomic E-state index is 12.1. The summed E-state index contributed by atoms with van der Waals surface area (Å²) in [6, 6.07) is 13.1. The van der Waals surface area contributed by atoms with E-state index in [1.807, 2.05) is 50.2 Å². The number of ether oxygens (including phenoxy) is 1. The van der Waals surface area contributed by atoms with Crippen LogP contribution < -0.4 is 10.1 Å². The zero-order chi connectivity index (χ0) is 19.4. The third kappa shape index (κ3) is 5.45. The van der Waals surface area contributed by atoms with E-state index in [0.717, 1.165) is 21.7 Å². The lowest BCUT2D eigenvalue weighted by Gasteiger charge is -2.06. The van der Waals surface area contributed by atoms with Crippen molar-refractivity contribution in [2.45, 2.75) is 20.3 Å². The smallest absolute Gasteiger partial charge is 0.264 e. The van der Waals surface area contributed by atoms with Crippen molar-refractivity contribution in [1.82, 2.24) is 4.98 Å². The molecule has 1 N–H and O–H groups in total. The van der Waals surface area contributed by atoms with E-state index >= 15 is 0 Å². The van der Waals surface area contributed by atoms with Crippen LogP contribution in [-0.4, -0.2) is 17.5 Å². The van der Waals surface area contributed by atoms with Crippen LogP contribution in [0.1, 0.15) is 21.7 Å². The molecule has 1 heterocycles. The first-order valence-corrected chi connectivity index (χ1v) is 9.87. The van der Waals surface area contributed by atoms with Crippen molar-refractivity contribution in [3.63, 3.8) is 0 Å². The number of halogens is 2. The third-order valence-electron chi connectivity index (χ3n) is 3.85. The van der Waals surface area contributed by atoms with Crippen LogP contribution >= 0.6 is 34.5 Å². The Hall–Kier alpha value is -2.08. The van der Waals surface area contributed by atoms with Gasteiger partial charge in [0.15, 0.2) is 11.7 Å². The SMILES string of the molecule is Cc1cccc(OCC(=O)Nc2nc(C)c(Cc3ccc(Cl)c(Cl)c3)s2)c1. The zero-order valence-electron chi connectivity index (χ0n) is 14.9. The van der Waals surface area contributed by atoms with Crippen LogP contribution in [0.5, 0.6) is 5.75 Å². The van der Waals surface area contributed by atoms with Crippen molar-refractivity contribution < 1.29 is 9.53 Å². The summed E-state index contributed by atoms with van der Waals surface area (Å²) in [4.78, 5) is 17.6. The minimum atomic E-state index is -0.244. The molecule has 27 heavy (non-hydrogen) atoms. The fourth-order valence-corrected chi connectivity index (χ4v) is 3.82. The number of amides is 1. The summed E-state index contributed by atoms with van der Waals surface area (Å²) in [5.41, 5.74) is 2.99. The summed E-state index contributed by atoms with van der Waals surface area (Å²) in [5, 5.41) is 4.40. The number of thiazole rings is 1. The Balaban J connectivity index is 1.60. The number of anilines is 1. The van der Waals surface area contributed by atoms with Crippen LogP contribution in [0.4, 0.5) is 5.13 Å². The summed E-state index contributed by atoms with van der Waals surface area (Å²) < 4.78 is 5.52. The molecule has 0 aliphatic rings. The Morgan fingerprint density at radius 3 is 2.70 bits per heavy atom. The molecule has 4 nitrogen and oxygen atoms in total. The molecular formula is C20H18Cl2N2O2S. The molecular weight excluding hydrogens is 403 g/mol. The Morgan fingerprint density at radius 1 is 1.15 bits per heavy atom. The predicted molar refractivity (Wildman–Crippen MR) is 111 cm³/mol. The first-order valence-electron chi connectivity index (χ1n) is 8.30. The zero-order valence-corrected chi connectivity index (χ0v) is 17.2. The Labute approximate surface area is 172 Å². The summed E-state index contributed by atoms with van der Waals surface area (Å²) in [7, 11) is 0. The minimum absolute atomic E-state index is 0.0653. The lowest BCUT2D eigenvalue weighted by atomic mass is 10.1. The molecule has 2 aromatic carbocycles. The monoisotopic (exact) mass is 420 g/mol. The molecule has 0 aliphatic carbocycles. The second kappa shape index (κ2) is 8.74. The number of nitrogens with one attached hydrogen (secondary N) is 1. The molecule has 0 spiro atoms. The Kier molecular flexibility index (Phi) is 6.37. The minimum Gasteiger partial charge on any atom is -0.484 e. The van der Waals surface area contributed by atoms with Crippen LogP contribution in [0.15, 0.2) is 42.5 Å². The summed E-state index contributed by atoms with van der Waals surface area (Å²) in [6.07, 6.45) is 0.677. The van der Waals surface area contributed by atoms with Gasteiger partial charge in [-0.15, -0.1) is 11.3 Å². The number of benzene rings is 2. The quantitative estimate of drug-likeness (QED) is 0.558. The average molecular weight is 421 g/mol. The fourth-order valence-electron chi connectivity index (χ4n) is 2.49. The number of rotatable bonds is 6. The fraction of sp³-hybridized carbons (Fsp3) is 0.200. The molecule has 0 fully saturated rings. The lowest BCUT2D eigenvalue weighted by molar-refractivity contribution is -0.118. The summed E-state index contributed by atoms with van der Waals surface area (Å²) in [5.74, 6) is 0.423. The van der Waals surface area contributed by atoms with E-state index in [1.54, 1.807) is 6.07 Å². The van der Waals surface area contributed by atoms with Crippen molar-refractivity contribution in [2.24, 2.45) is 0 Å². The third-order valence-corrected chi connectivity index (χ3v) is 5.66. The summed E-state index contributed by atoms with van der Waals surface area (Å²) in [6.45, 7) is 3.83. The highest BCUT2D eigenvalue weighted by molar-refractivity contribution is 7.15. The van der Waals surface area contributed by atoms with Crippen LogP contribution in [0.3, 0.4) is 0 Å². The van der Waals surface area contributed by atoms with Crippen LogP contribution in [0.25, 0.3) is 0 Å². The van der Waals surface area contributed by atoms with Gasteiger partial charge in [0, 0.05) is 11.3 Å². The van der Waals surface area contributed by atoms with E-state index < -0.39 is 0 Å². The molecule has 0 aliphatic heterocycles. The second-order valence-corrected chi connectivity index (χ2v) is 8.00. The highest BCUT2D eigenvalue weighted by Gasteiger charge is 2.12. The van der Waals surface area contributed by atoms with E-state index in [2.05, 4.69) is 10.3 Å². The standard InChI is InChI=1S/C20H18Cl2N2O2S/c1-12-4-3-5-15(8-12)26-11-19(25)24-20-23-13(2)18(27-20)10-14-6-7-16(21)17(22)9-14/h3-9H,10-11H2,1-2H3,(H,23,24,25). The van der Waals surface area contributed by atoms with Gasteiger partial charge in [-0.25, -0.2) is 4.98 Å². The van der Waals surface area contributed by atoms with E-state index in [4.69, 9.17) is 27.9 Å². The number of carbonyl (C=O) groups excluding carboxylic acids is 1. The molecule has 140 valence electrons. The maximum Gasteiger partial charge on any atom is 0.264 e. The molecule has 0 saturated heterocycles. The highest BCUT2D eigenvalue weighted by atomic mass is 35.5. The number of nitrogens with zero attached hydrogens (tertiary/aromatic N) is 1. The van der Waals surface area contributed by atoms with Gasteiger partial charge in [0.1, 0.15) is 5.75 Å². The molecule has 1 aromatic heterocycles. The molecule has 0 saturated carbocycles. The molecule has 3 rings (SSSR count). The van der Waals surface area contributed by atoms with E-state index in [9.17, 15) is 4.79 Å². The van der Waals surface area contributed by atoms with Crippen molar-refractivity contribution in [3.8, 4) is 5.75 Å². The first-order chi connectivity index (χ1) is 12.9. The van der Waals surface area contributed by atoms with Gasteiger partial charge >= 0.3 is 0 Å². The van der Waals surface area contributed by atoms with Gasteiger partial charge in [0.25, 0.3) is 5.91 Å².